The normalized spacial score (nSPS) is 22.6. The molecule has 2 bridgehead atoms. The number of aromatic hydroxyl groups is 1. The molecule has 0 saturated carbocycles. The maximum atomic E-state index is 12.1. The molecule has 4 heterocycles. The third kappa shape index (κ3) is 2.70. The molecule has 1 fully saturated rings. The van der Waals surface area contributed by atoms with Gasteiger partial charge in [-0.1, -0.05) is 6.07 Å². The number of aromatic nitrogens is 2. The highest BCUT2D eigenvalue weighted by atomic mass is 16.3. The van der Waals surface area contributed by atoms with Gasteiger partial charge in [0.05, 0.1) is 5.69 Å². The Morgan fingerprint density at radius 2 is 2.00 bits per heavy atom. The van der Waals surface area contributed by atoms with Crippen LogP contribution in [-0.2, 0) is 20.1 Å². The quantitative estimate of drug-likeness (QED) is 0.891. The van der Waals surface area contributed by atoms with Crippen molar-refractivity contribution < 1.29 is 5.11 Å². The molecule has 1 N–H and O–H groups in total. The first-order valence-electron chi connectivity index (χ1n) is 8.74. The highest BCUT2D eigenvalue weighted by Gasteiger charge is 2.34. The summed E-state index contributed by atoms with van der Waals surface area (Å²) in [5.74, 6) is 0.598. The summed E-state index contributed by atoms with van der Waals surface area (Å²) in [6, 6.07) is 6.98. The predicted molar refractivity (Wildman–Crippen MR) is 94.9 cm³/mol. The van der Waals surface area contributed by atoms with Gasteiger partial charge in [-0.15, -0.1) is 0 Å². The van der Waals surface area contributed by atoms with E-state index in [1.54, 1.807) is 6.07 Å². The van der Waals surface area contributed by atoms with Gasteiger partial charge in [0, 0.05) is 62.7 Å². The van der Waals surface area contributed by atoms with Crippen molar-refractivity contribution in [2.24, 2.45) is 13.0 Å². The zero-order valence-corrected chi connectivity index (χ0v) is 14.6. The van der Waals surface area contributed by atoms with Crippen LogP contribution in [0.3, 0.4) is 0 Å². The van der Waals surface area contributed by atoms with Crippen molar-refractivity contribution in [2.45, 2.75) is 32.4 Å². The topological polar surface area (TPSA) is 67.5 Å². The van der Waals surface area contributed by atoms with E-state index in [1.165, 1.54) is 6.07 Å². The number of hydrogen-bond acceptors (Lipinski definition) is 4. The molecule has 2 aromatic rings. The Labute approximate surface area is 145 Å². The lowest BCUT2D eigenvalue weighted by atomic mass is 9.83. The van der Waals surface area contributed by atoms with Gasteiger partial charge >= 0.3 is 0 Å². The van der Waals surface area contributed by atoms with Crippen LogP contribution in [0.2, 0.25) is 0 Å². The Balaban J connectivity index is 1.64. The van der Waals surface area contributed by atoms with E-state index in [4.69, 9.17) is 0 Å². The molecule has 2 aromatic heterocycles. The maximum Gasteiger partial charge on any atom is 0.250 e. The van der Waals surface area contributed by atoms with E-state index in [1.807, 2.05) is 35.2 Å². The van der Waals surface area contributed by atoms with Gasteiger partial charge in [-0.25, -0.2) is 0 Å². The number of hydrogen-bond donors (Lipinski definition) is 1. The third-order valence-electron chi connectivity index (χ3n) is 5.71. The van der Waals surface area contributed by atoms with Gasteiger partial charge in [0.1, 0.15) is 0 Å². The second kappa shape index (κ2) is 5.88. The molecule has 2 aliphatic rings. The summed E-state index contributed by atoms with van der Waals surface area (Å²) in [6.45, 7) is 4.88. The molecule has 6 nitrogen and oxygen atoms in total. The summed E-state index contributed by atoms with van der Waals surface area (Å²) in [5.41, 5.74) is 2.37. The molecular weight excluding hydrogens is 318 g/mol. The Morgan fingerprint density at radius 3 is 2.80 bits per heavy atom. The summed E-state index contributed by atoms with van der Waals surface area (Å²) in [7, 11) is 1.88. The Bertz CT molecular complexity index is 944. The Kier molecular flexibility index (Phi) is 3.80. The first kappa shape index (κ1) is 16.1. The van der Waals surface area contributed by atoms with Gasteiger partial charge in [0.25, 0.3) is 5.56 Å². The smallest absolute Gasteiger partial charge is 0.250 e. The number of rotatable bonds is 2. The molecule has 2 aliphatic heterocycles. The number of likely N-dealkylation sites (tertiary alicyclic amines) is 1. The minimum absolute atomic E-state index is 0.0828. The van der Waals surface area contributed by atoms with Crippen LogP contribution in [0.15, 0.2) is 33.9 Å². The molecule has 0 radical (unpaired) electrons. The van der Waals surface area contributed by atoms with Gasteiger partial charge in [0.2, 0.25) is 5.43 Å². The SMILES string of the molecule is Cc1cc(=O)c(O)c(CN2C[C@@H]3C[C@H](C2)c2cccc(=O)n2C3)n1C. The van der Waals surface area contributed by atoms with E-state index in [0.29, 0.717) is 24.1 Å². The van der Waals surface area contributed by atoms with Crippen molar-refractivity contribution in [3.63, 3.8) is 0 Å². The molecule has 0 spiro atoms. The summed E-state index contributed by atoms with van der Waals surface area (Å²) in [4.78, 5) is 26.3. The summed E-state index contributed by atoms with van der Waals surface area (Å²) in [5, 5.41) is 10.2. The van der Waals surface area contributed by atoms with Crippen LogP contribution in [0.4, 0.5) is 0 Å². The van der Waals surface area contributed by atoms with Crippen molar-refractivity contribution in [2.75, 3.05) is 13.1 Å². The molecule has 0 aromatic carbocycles. The fraction of sp³-hybridized carbons (Fsp3) is 0.474. The van der Waals surface area contributed by atoms with Crippen molar-refractivity contribution in [1.82, 2.24) is 14.0 Å². The summed E-state index contributed by atoms with van der Waals surface area (Å²) in [6.07, 6.45) is 1.10. The van der Waals surface area contributed by atoms with E-state index in [2.05, 4.69) is 4.90 Å². The lowest BCUT2D eigenvalue weighted by Gasteiger charge is -2.43. The van der Waals surface area contributed by atoms with Crippen molar-refractivity contribution in [3.05, 3.63) is 61.9 Å². The van der Waals surface area contributed by atoms with E-state index in [9.17, 15) is 14.7 Å². The molecule has 0 amide bonds. The molecule has 4 rings (SSSR count). The standard InChI is InChI=1S/C19H23N3O3/c1-12-6-17(23)19(25)16(20(12)2)11-21-8-13-7-14(10-21)15-4-3-5-18(24)22(15)9-13/h3-6,13-14,25H,7-11H2,1-2H3/t13-,14+/m0/s1. The molecule has 6 heteroatoms. The fourth-order valence-corrected chi connectivity index (χ4v) is 4.39. The fourth-order valence-electron chi connectivity index (χ4n) is 4.39. The summed E-state index contributed by atoms with van der Waals surface area (Å²) < 4.78 is 3.80. The minimum atomic E-state index is -0.320. The molecule has 0 unspecified atom stereocenters. The first-order chi connectivity index (χ1) is 11.9. The van der Waals surface area contributed by atoms with Crippen LogP contribution >= 0.6 is 0 Å². The van der Waals surface area contributed by atoms with Gasteiger partial charge in [-0.05, 0) is 25.3 Å². The van der Waals surface area contributed by atoms with Crippen LogP contribution in [0, 0.1) is 12.8 Å². The molecular formula is C19H23N3O3. The zero-order valence-electron chi connectivity index (χ0n) is 14.6. The van der Waals surface area contributed by atoms with E-state index in [-0.39, 0.29) is 16.7 Å². The van der Waals surface area contributed by atoms with Crippen LogP contribution in [0.5, 0.6) is 5.75 Å². The average Bonchev–Trinajstić information content (AvgIpc) is 2.58. The Morgan fingerprint density at radius 1 is 1.20 bits per heavy atom. The maximum absolute atomic E-state index is 12.1. The predicted octanol–water partition coefficient (Wildman–Crippen LogP) is 1.18. The van der Waals surface area contributed by atoms with Crippen LogP contribution in [0.25, 0.3) is 0 Å². The van der Waals surface area contributed by atoms with Crippen molar-refractivity contribution >= 4 is 0 Å². The second-order valence-electron chi connectivity index (χ2n) is 7.40. The molecule has 0 aliphatic carbocycles. The Hall–Kier alpha value is -2.34. The van der Waals surface area contributed by atoms with Crippen LogP contribution in [0.1, 0.15) is 29.4 Å². The van der Waals surface area contributed by atoms with Gasteiger partial charge < -0.3 is 14.2 Å². The minimum Gasteiger partial charge on any atom is -0.503 e. The number of nitrogens with zero attached hydrogens (tertiary/aromatic N) is 3. The van der Waals surface area contributed by atoms with Gasteiger partial charge in [0.15, 0.2) is 5.75 Å². The van der Waals surface area contributed by atoms with Gasteiger partial charge in [-0.2, -0.15) is 0 Å². The van der Waals surface area contributed by atoms with E-state index < -0.39 is 0 Å². The summed E-state index contributed by atoms with van der Waals surface area (Å²) >= 11 is 0. The van der Waals surface area contributed by atoms with E-state index in [0.717, 1.165) is 37.4 Å². The lowest BCUT2D eigenvalue weighted by molar-refractivity contribution is 0.111. The molecule has 1 saturated heterocycles. The molecule has 2 atom stereocenters. The highest BCUT2D eigenvalue weighted by Crippen LogP contribution is 2.35. The highest BCUT2D eigenvalue weighted by molar-refractivity contribution is 5.29. The number of piperidine rings is 1. The lowest BCUT2D eigenvalue weighted by Crippen LogP contribution is -2.47. The zero-order chi connectivity index (χ0) is 17.7. The first-order valence-corrected chi connectivity index (χ1v) is 8.74. The van der Waals surface area contributed by atoms with Gasteiger partial charge in [-0.3, -0.25) is 14.5 Å². The number of fused-ring (bicyclic) bond motifs is 4. The number of pyridine rings is 2. The average molecular weight is 341 g/mol. The number of aryl methyl sites for hydroxylation is 1. The van der Waals surface area contributed by atoms with Crippen LogP contribution in [-0.4, -0.2) is 32.2 Å². The van der Waals surface area contributed by atoms with Crippen LogP contribution < -0.4 is 11.0 Å². The van der Waals surface area contributed by atoms with E-state index >= 15 is 0 Å². The largest absolute Gasteiger partial charge is 0.503 e. The van der Waals surface area contributed by atoms with Crippen molar-refractivity contribution in [1.29, 1.82) is 0 Å². The third-order valence-corrected chi connectivity index (χ3v) is 5.71. The molecule has 25 heavy (non-hydrogen) atoms. The van der Waals surface area contributed by atoms with Crippen molar-refractivity contribution in [3.8, 4) is 5.75 Å². The monoisotopic (exact) mass is 341 g/mol. The molecule has 132 valence electrons. The second-order valence-corrected chi connectivity index (χ2v) is 7.40.